The molecule has 6 nitrogen and oxygen atoms in total. The fourth-order valence-corrected chi connectivity index (χ4v) is 3.38. The van der Waals surface area contributed by atoms with Crippen molar-refractivity contribution >= 4 is 12.0 Å². The minimum atomic E-state index is -0.587. The van der Waals surface area contributed by atoms with Crippen LogP contribution in [0.1, 0.15) is 25.3 Å². The highest BCUT2D eigenvalue weighted by Gasteiger charge is 2.34. The van der Waals surface area contributed by atoms with Gasteiger partial charge in [0.2, 0.25) is 5.91 Å². The molecular weight excluding hydrogens is 344 g/mol. The van der Waals surface area contributed by atoms with E-state index in [0.29, 0.717) is 24.0 Å². The number of carbonyl (C=O) groups excluding carboxylic acids is 1. The Morgan fingerprint density at radius 3 is 2.63 bits per heavy atom. The molecule has 0 unspecified atom stereocenters. The number of nitrogens with zero attached hydrogens (tertiary/aromatic N) is 2. The van der Waals surface area contributed by atoms with Gasteiger partial charge in [-0.1, -0.05) is 18.2 Å². The number of piperazine rings is 1. The molecule has 148 valence electrons. The summed E-state index contributed by atoms with van der Waals surface area (Å²) in [5.74, 6) is 1.88. The van der Waals surface area contributed by atoms with E-state index in [0.717, 1.165) is 44.6 Å². The van der Waals surface area contributed by atoms with E-state index in [9.17, 15) is 9.90 Å². The summed E-state index contributed by atoms with van der Waals surface area (Å²) in [6.45, 7) is 5.83. The highest BCUT2D eigenvalue weighted by Crippen LogP contribution is 2.31. The Labute approximate surface area is 161 Å². The number of hydrogen-bond donors (Lipinski definition) is 1. The number of methoxy groups -OCH3 is 1. The normalized spacial score (nSPS) is 19.3. The molecule has 1 N–H and O–H groups in total. The van der Waals surface area contributed by atoms with Gasteiger partial charge in [0.05, 0.1) is 7.11 Å². The number of β-amino-alcohol motifs (C(OH)–C–C–N with tert-alkyl or cyclic N) is 1. The van der Waals surface area contributed by atoms with E-state index in [4.69, 9.17) is 9.47 Å². The van der Waals surface area contributed by atoms with Gasteiger partial charge in [0.25, 0.3) is 0 Å². The van der Waals surface area contributed by atoms with Crippen molar-refractivity contribution in [3.63, 3.8) is 0 Å². The Morgan fingerprint density at radius 2 is 2.00 bits per heavy atom. The maximum Gasteiger partial charge on any atom is 0.225 e. The SMILES string of the molecule is C/C=C/c1ccc(OC[C@H](O)CN2CCN(C(=O)C3CC3)CC2)c(OC)c1. The molecule has 2 fully saturated rings. The van der Waals surface area contributed by atoms with Crippen molar-refractivity contribution in [2.75, 3.05) is 46.4 Å². The summed E-state index contributed by atoms with van der Waals surface area (Å²) >= 11 is 0. The maximum absolute atomic E-state index is 12.1. The van der Waals surface area contributed by atoms with Gasteiger partial charge in [-0.3, -0.25) is 9.69 Å². The Bertz CT molecular complexity index is 664. The lowest BCUT2D eigenvalue weighted by Crippen LogP contribution is -2.51. The van der Waals surface area contributed by atoms with Gasteiger partial charge >= 0.3 is 0 Å². The van der Waals surface area contributed by atoms with E-state index >= 15 is 0 Å². The lowest BCUT2D eigenvalue weighted by atomic mass is 10.2. The van der Waals surface area contributed by atoms with Crippen LogP contribution in [-0.2, 0) is 4.79 Å². The molecular formula is C21H30N2O4. The van der Waals surface area contributed by atoms with Crippen molar-refractivity contribution in [2.24, 2.45) is 5.92 Å². The first-order chi connectivity index (χ1) is 13.1. The van der Waals surface area contributed by atoms with Crippen molar-refractivity contribution in [2.45, 2.75) is 25.9 Å². The van der Waals surface area contributed by atoms with Crippen molar-refractivity contribution in [1.29, 1.82) is 0 Å². The highest BCUT2D eigenvalue weighted by molar-refractivity contribution is 5.81. The van der Waals surface area contributed by atoms with Crippen LogP contribution < -0.4 is 9.47 Å². The number of carbonyl (C=O) groups is 1. The van der Waals surface area contributed by atoms with E-state index in [-0.39, 0.29) is 12.5 Å². The monoisotopic (exact) mass is 374 g/mol. The first-order valence-electron chi connectivity index (χ1n) is 9.73. The zero-order valence-electron chi connectivity index (χ0n) is 16.3. The standard InChI is InChI=1S/C21H30N2O4/c1-3-4-16-5-8-19(20(13-16)26-2)27-15-18(24)14-22-9-11-23(12-10-22)21(25)17-6-7-17/h3-5,8,13,17-18,24H,6-7,9-12,14-15H2,1-2H3/b4-3+/t18-/m1/s1. The molecule has 2 aliphatic rings. The van der Waals surface area contributed by atoms with Crippen LogP contribution in [0.5, 0.6) is 11.5 Å². The van der Waals surface area contributed by atoms with Gasteiger partial charge in [-0.15, -0.1) is 0 Å². The van der Waals surface area contributed by atoms with Gasteiger partial charge in [0.15, 0.2) is 11.5 Å². The van der Waals surface area contributed by atoms with Gasteiger partial charge in [-0.25, -0.2) is 0 Å². The quantitative estimate of drug-likeness (QED) is 0.754. The van der Waals surface area contributed by atoms with Crippen LogP contribution >= 0.6 is 0 Å². The molecule has 0 spiro atoms. The number of amides is 1. The topological polar surface area (TPSA) is 62.2 Å². The zero-order valence-corrected chi connectivity index (χ0v) is 16.3. The molecule has 27 heavy (non-hydrogen) atoms. The van der Waals surface area contributed by atoms with Crippen molar-refractivity contribution in [1.82, 2.24) is 9.80 Å². The predicted molar refractivity (Wildman–Crippen MR) is 105 cm³/mol. The Kier molecular flexibility index (Phi) is 6.74. The molecule has 3 rings (SSSR count). The number of aliphatic hydroxyl groups excluding tert-OH is 1. The lowest BCUT2D eigenvalue weighted by molar-refractivity contribution is -0.134. The van der Waals surface area contributed by atoms with E-state index in [1.807, 2.05) is 42.2 Å². The van der Waals surface area contributed by atoms with Crippen LogP contribution in [0.15, 0.2) is 24.3 Å². The Hall–Kier alpha value is -2.05. The van der Waals surface area contributed by atoms with E-state index in [1.54, 1.807) is 7.11 Å². The van der Waals surface area contributed by atoms with Gasteiger partial charge in [0.1, 0.15) is 12.7 Å². The van der Waals surface area contributed by atoms with Crippen LogP contribution in [-0.4, -0.2) is 73.4 Å². The molecule has 0 aromatic heterocycles. The fourth-order valence-electron chi connectivity index (χ4n) is 3.38. The van der Waals surface area contributed by atoms with Crippen molar-refractivity contribution in [3.8, 4) is 11.5 Å². The molecule has 1 aromatic rings. The van der Waals surface area contributed by atoms with Crippen LogP contribution in [0.25, 0.3) is 6.08 Å². The first kappa shape index (κ1) is 19.7. The molecule has 1 heterocycles. The smallest absolute Gasteiger partial charge is 0.225 e. The molecule has 1 saturated carbocycles. The average Bonchev–Trinajstić information content (AvgIpc) is 3.52. The number of allylic oxidation sites excluding steroid dienone is 1. The number of ether oxygens (including phenoxy) is 2. The second-order valence-electron chi connectivity index (χ2n) is 7.28. The summed E-state index contributed by atoms with van der Waals surface area (Å²) in [4.78, 5) is 16.3. The third kappa shape index (κ3) is 5.47. The summed E-state index contributed by atoms with van der Waals surface area (Å²) in [6.07, 6.45) is 5.48. The number of benzene rings is 1. The summed E-state index contributed by atoms with van der Waals surface area (Å²) in [6, 6.07) is 5.74. The van der Waals surface area contributed by atoms with Gasteiger partial charge < -0.3 is 19.5 Å². The summed E-state index contributed by atoms with van der Waals surface area (Å²) in [7, 11) is 1.61. The Morgan fingerprint density at radius 1 is 1.26 bits per heavy atom. The molecule has 1 aromatic carbocycles. The van der Waals surface area contributed by atoms with E-state index in [1.165, 1.54) is 0 Å². The van der Waals surface area contributed by atoms with Crippen molar-refractivity contribution < 1.29 is 19.4 Å². The van der Waals surface area contributed by atoms with Gasteiger partial charge in [0, 0.05) is 38.6 Å². The second kappa shape index (κ2) is 9.24. The lowest BCUT2D eigenvalue weighted by Gasteiger charge is -2.35. The third-order valence-electron chi connectivity index (χ3n) is 5.06. The molecule has 0 radical (unpaired) electrons. The van der Waals surface area contributed by atoms with Crippen LogP contribution in [0, 0.1) is 5.92 Å². The number of aliphatic hydroxyl groups is 1. The van der Waals surface area contributed by atoms with Gasteiger partial charge in [-0.05, 0) is 37.5 Å². The fraction of sp³-hybridized carbons (Fsp3) is 0.571. The highest BCUT2D eigenvalue weighted by atomic mass is 16.5. The third-order valence-corrected chi connectivity index (χ3v) is 5.06. The molecule has 1 aliphatic carbocycles. The van der Waals surface area contributed by atoms with E-state index < -0.39 is 6.10 Å². The minimum Gasteiger partial charge on any atom is -0.493 e. The summed E-state index contributed by atoms with van der Waals surface area (Å²) in [5.41, 5.74) is 1.04. The zero-order chi connectivity index (χ0) is 19.2. The molecule has 1 saturated heterocycles. The average molecular weight is 374 g/mol. The largest absolute Gasteiger partial charge is 0.493 e. The van der Waals surface area contributed by atoms with Crippen LogP contribution in [0.4, 0.5) is 0 Å². The first-order valence-corrected chi connectivity index (χ1v) is 9.73. The molecule has 1 atom stereocenters. The second-order valence-corrected chi connectivity index (χ2v) is 7.28. The van der Waals surface area contributed by atoms with Crippen LogP contribution in [0.2, 0.25) is 0 Å². The molecule has 1 amide bonds. The number of rotatable bonds is 8. The van der Waals surface area contributed by atoms with Gasteiger partial charge in [-0.2, -0.15) is 0 Å². The Balaban J connectivity index is 1.43. The van der Waals surface area contributed by atoms with E-state index in [2.05, 4.69) is 4.90 Å². The molecule has 1 aliphatic heterocycles. The number of hydrogen-bond acceptors (Lipinski definition) is 5. The summed E-state index contributed by atoms with van der Waals surface area (Å²) < 4.78 is 11.2. The van der Waals surface area contributed by atoms with Crippen LogP contribution in [0.3, 0.4) is 0 Å². The molecule has 6 heteroatoms. The molecule has 0 bridgehead atoms. The maximum atomic E-state index is 12.1. The van der Waals surface area contributed by atoms with Crippen molar-refractivity contribution in [3.05, 3.63) is 29.8 Å². The predicted octanol–water partition coefficient (Wildman–Crippen LogP) is 2.02. The summed E-state index contributed by atoms with van der Waals surface area (Å²) in [5, 5.41) is 10.3. The minimum absolute atomic E-state index is 0.209.